The van der Waals surface area contributed by atoms with E-state index < -0.39 is 5.54 Å². The first-order chi connectivity index (χ1) is 9.03. The third-order valence-electron chi connectivity index (χ3n) is 3.80. The number of nitrogens with zero attached hydrogens (tertiary/aromatic N) is 2. The Labute approximate surface area is 118 Å². The van der Waals surface area contributed by atoms with Crippen molar-refractivity contribution in [2.75, 3.05) is 0 Å². The first-order valence-corrected chi connectivity index (χ1v) is 6.83. The zero-order chi connectivity index (χ0) is 13.9. The first kappa shape index (κ1) is 13.9. The van der Waals surface area contributed by atoms with Gasteiger partial charge in [-0.3, -0.25) is 4.79 Å². The minimum atomic E-state index is -0.553. The highest BCUT2D eigenvalue weighted by Crippen LogP contribution is 2.32. The quantitative estimate of drug-likeness (QED) is 0.818. The van der Waals surface area contributed by atoms with E-state index in [-0.39, 0.29) is 5.91 Å². The molecule has 1 amide bonds. The molecule has 1 aromatic rings. The van der Waals surface area contributed by atoms with Crippen LogP contribution in [-0.4, -0.2) is 26.6 Å². The van der Waals surface area contributed by atoms with E-state index in [4.69, 9.17) is 18.0 Å². The molecule has 1 heterocycles. The Kier molecular flexibility index (Phi) is 4.09. The number of nitrogens with one attached hydrogen (secondary N) is 1. The van der Waals surface area contributed by atoms with Gasteiger partial charge in [0.15, 0.2) is 0 Å². The highest BCUT2D eigenvalue weighted by atomic mass is 32.1. The Bertz CT molecular complexity index is 469. The molecule has 0 atom stereocenters. The predicted molar refractivity (Wildman–Crippen MR) is 76.6 cm³/mol. The summed E-state index contributed by atoms with van der Waals surface area (Å²) in [5.41, 5.74) is 5.79. The number of carbonyl (C=O) groups is 1. The van der Waals surface area contributed by atoms with E-state index in [1.165, 1.54) is 12.4 Å². The van der Waals surface area contributed by atoms with Crippen molar-refractivity contribution in [2.24, 2.45) is 11.7 Å². The van der Waals surface area contributed by atoms with Gasteiger partial charge in [-0.15, -0.1) is 0 Å². The fourth-order valence-corrected chi connectivity index (χ4v) is 2.66. The average Bonchev–Trinajstić information content (AvgIpc) is 2.42. The van der Waals surface area contributed by atoms with Crippen LogP contribution in [0.4, 0.5) is 0 Å². The van der Waals surface area contributed by atoms with Crippen LogP contribution in [0.25, 0.3) is 0 Å². The first-order valence-electron chi connectivity index (χ1n) is 6.42. The number of amides is 1. The standard InChI is InChI=1S/C13H18N4OS/c1-9-2-5-13(6-3-9,12(14)19)17-11(18)10-4-7-15-16-8-10/h4,7-9H,2-3,5-6H2,1H3,(H2,14,19)(H,17,18). The Morgan fingerprint density at radius 2 is 2.16 bits per heavy atom. The SMILES string of the molecule is CC1CCC(NC(=O)c2ccnnc2)(C(N)=S)CC1. The van der Waals surface area contributed by atoms with Gasteiger partial charge in [-0.2, -0.15) is 10.2 Å². The molecule has 1 aromatic heterocycles. The van der Waals surface area contributed by atoms with Gasteiger partial charge in [0.25, 0.3) is 5.91 Å². The summed E-state index contributed by atoms with van der Waals surface area (Å²) in [6.45, 7) is 2.21. The number of hydrogen-bond acceptors (Lipinski definition) is 4. The van der Waals surface area contributed by atoms with Crippen molar-refractivity contribution in [3.05, 3.63) is 24.0 Å². The highest BCUT2D eigenvalue weighted by molar-refractivity contribution is 7.80. The average molecular weight is 278 g/mol. The van der Waals surface area contributed by atoms with Crippen LogP contribution in [0.2, 0.25) is 0 Å². The summed E-state index contributed by atoms with van der Waals surface area (Å²) < 4.78 is 0. The van der Waals surface area contributed by atoms with E-state index in [1.807, 2.05) is 0 Å². The number of rotatable bonds is 3. The van der Waals surface area contributed by atoms with Gasteiger partial charge in [-0.1, -0.05) is 19.1 Å². The Morgan fingerprint density at radius 1 is 1.47 bits per heavy atom. The molecule has 1 aliphatic carbocycles. The van der Waals surface area contributed by atoms with Gasteiger partial charge in [0.1, 0.15) is 0 Å². The zero-order valence-electron chi connectivity index (χ0n) is 10.9. The van der Waals surface area contributed by atoms with E-state index in [2.05, 4.69) is 22.4 Å². The van der Waals surface area contributed by atoms with Crippen molar-refractivity contribution in [1.82, 2.24) is 15.5 Å². The summed E-state index contributed by atoms with van der Waals surface area (Å²) in [5.74, 6) is 0.458. The largest absolute Gasteiger partial charge is 0.391 e. The van der Waals surface area contributed by atoms with Crippen molar-refractivity contribution < 1.29 is 4.79 Å². The summed E-state index contributed by atoms with van der Waals surface area (Å²) in [6.07, 6.45) is 6.57. The molecule has 5 nitrogen and oxygen atoms in total. The summed E-state index contributed by atoms with van der Waals surface area (Å²) >= 11 is 5.17. The molecule has 0 radical (unpaired) electrons. The molecule has 6 heteroatoms. The van der Waals surface area contributed by atoms with E-state index in [0.717, 1.165) is 25.7 Å². The second-order valence-corrected chi connectivity index (χ2v) is 5.65. The minimum Gasteiger partial charge on any atom is -0.391 e. The predicted octanol–water partition coefficient (Wildman–Crippen LogP) is 1.44. The van der Waals surface area contributed by atoms with E-state index in [1.54, 1.807) is 6.07 Å². The maximum atomic E-state index is 12.2. The topological polar surface area (TPSA) is 80.9 Å². The summed E-state index contributed by atoms with van der Waals surface area (Å²) in [5, 5.41) is 10.4. The van der Waals surface area contributed by atoms with E-state index >= 15 is 0 Å². The number of nitrogens with two attached hydrogens (primary N) is 1. The van der Waals surface area contributed by atoms with Crippen molar-refractivity contribution in [3.63, 3.8) is 0 Å². The molecule has 0 spiro atoms. The van der Waals surface area contributed by atoms with Gasteiger partial charge in [0.2, 0.25) is 0 Å². The molecule has 1 fully saturated rings. The number of thiocarbonyl (C=S) groups is 1. The number of hydrogen-bond donors (Lipinski definition) is 2. The minimum absolute atomic E-state index is 0.197. The Morgan fingerprint density at radius 3 is 2.68 bits per heavy atom. The number of aromatic nitrogens is 2. The molecule has 0 aromatic carbocycles. The van der Waals surface area contributed by atoms with Crippen LogP contribution in [-0.2, 0) is 0 Å². The smallest absolute Gasteiger partial charge is 0.253 e. The van der Waals surface area contributed by atoms with Gasteiger partial charge in [0.05, 0.1) is 28.5 Å². The summed E-state index contributed by atoms with van der Waals surface area (Å²) in [6, 6.07) is 1.63. The monoisotopic (exact) mass is 278 g/mol. The Balaban J connectivity index is 2.14. The van der Waals surface area contributed by atoms with Gasteiger partial charge in [-0.25, -0.2) is 0 Å². The lowest BCUT2D eigenvalue weighted by Gasteiger charge is -2.39. The maximum Gasteiger partial charge on any atom is 0.253 e. The fourth-order valence-electron chi connectivity index (χ4n) is 2.40. The van der Waals surface area contributed by atoms with Crippen molar-refractivity contribution in [3.8, 4) is 0 Å². The molecule has 0 aliphatic heterocycles. The Hall–Kier alpha value is -1.56. The lowest BCUT2D eigenvalue weighted by Crippen LogP contribution is -2.58. The lowest BCUT2D eigenvalue weighted by molar-refractivity contribution is 0.0900. The van der Waals surface area contributed by atoms with Crippen LogP contribution >= 0.6 is 12.2 Å². The fraction of sp³-hybridized carbons (Fsp3) is 0.538. The maximum absolute atomic E-state index is 12.2. The molecule has 19 heavy (non-hydrogen) atoms. The van der Waals surface area contributed by atoms with Crippen LogP contribution in [0.5, 0.6) is 0 Å². The molecule has 1 aliphatic rings. The second-order valence-electron chi connectivity index (χ2n) is 5.21. The van der Waals surface area contributed by atoms with Gasteiger partial charge >= 0.3 is 0 Å². The lowest BCUT2D eigenvalue weighted by atomic mass is 9.77. The van der Waals surface area contributed by atoms with Crippen LogP contribution in [0.15, 0.2) is 18.5 Å². The van der Waals surface area contributed by atoms with Gasteiger partial charge < -0.3 is 11.1 Å². The van der Waals surface area contributed by atoms with Crippen LogP contribution in [0.3, 0.4) is 0 Å². The van der Waals surface area contributed by atoms with Crippen molar-refractivity contribution in [2.45, 2.75) is 38.1 Å². The molecular weight excluding hydrogens is 260 g/mol. The van der Waals surface area contributed by atoms with Crippen molar-refractivity contribution >= 4 is 23.1 Å². The third-order valence-corrected chi connectivity index (χ3v) is 4.19. The van der Waals surface area contributed by atoms with Gasteiger partial charge in [-0.05, 0) is 37.7 Å². The van der Waals surface area contributed by atoms with Crippen molar-refractivity contribution in [1.29, 1.82) is 0 Å². The molecule has 102 valence electrons. The van der Waals surface area contributed by atoms with Crippen LogP contribution in [0, 0.1) is 5.92 Å². The second kappa shape index (κ2) is 5.61. The molecule has 3 N–H and O–H groups in total. The van der Waals surface area contributed by atoms with E-state index in [0.29, 0.717) is 16.5 Å². The third kappa shape index (κ3) is 3.07. The molecule has 0 bridgehead atoms. The zero-order valence-corrected chi connectivity index (χ0v) is 11.7. The molecular formula is C13H18N4OS. The molecule has 0 saturated heterocycles. The van der Waals surface area contributed by atoms with Gasteiger partial charge in [0, 0.05) is 0 Å². The molecule has 1 saturated carbocycles. The molecule has 2 rings (SSSR count). The normalized spacial score (nSPS) is 26.7. The summed E-state index contributed by atoms with van der Waals surface area (Å²) in [7, 11) is 0. The van der Waals surface area contributed by atoms with Crippen LogP contribution < -0.4 is 11.1 Å². The van der Waals surface area contributed by atoms with E-state index in [9.17, 15) is 4.79 Å². The summed E-state index contributed by atoms with van der Waals surface area (Å²) in [4.78, 5) is 12.6. The van der Waals surface area contributed by atoms with Crippen LogP contribution in [0.1, 0.15) is 43.0 Å². The highest BCUT2D eigenvalue weighted by Gasteiger charge is 2.38. The molecule has 0 unspecified atom stereocenters. The number of carbonyl (C=O) groups excluding carboxylic acids is 1.